The van der Waals surface area contributed by atoms with Crippen molar-refractivity contribution in [3.63, 3.8) is 0 Å². The molecule has 0 aromatic carbocycles. The second-order valence-electron chi connectivity index (χ2n) is 2.08. The van der Waals surface area contributed by atoms with E-state index in [0.717, 1.165) is 0 Å². The molecule has 0 saturated carbocycles. The third kappa shape index (κ3) is 0.868. The Kier molecular flexibility index (Phi) is 1.24. The van der Waals surface area contributed by atoms with Crippen LogP contribution in [-0.2, 0) is 9.53 Å². The van der Waals surface area contributed by atoms with Crippen LogP contribution in [0.15, 0.2) is 0 Å². The Hall–Kier alpha value is -0.690. The third-order valence-corrected chi connectivity index (χ3v) is 1.17. The molecule has 0 aromatic rings. The van der Waals surface area contributed by atoms with Gasteiger partial charge in [-0.05, 0) is 0 Å². The molecule has 58 valence electrons. The van der Waals surface area contributed by atoms with E-state index in [2.05, 4.69) is 4.74 Å². The minimum absolute atomic E-state index is 0.847. The SMILES string of the molecule is O=C1CC(O)(O)C(O)(O)O1. The summed E-state index contributed by atoms with van der Waals surface area (Å²) in [5.41, 5.74) is 0. The second-order valence-corrected chi connectivity index (χ2v) is 2.08. The van der Waals surface area contributed by atoms with Gasteiger partial charge in [0, 0.05) is 0 Å². The lowest BCUT2D eigenvalue weighted by Crippen LogP contribution is -2.50. The van der Waals surface area contributed by atoms with Crippen LogP contribution >= 0.6 is 0 Å². The molecule has 10 heavy (non-hydrogen) atoms. The van der Waals surface area contributed by atoms with E-state index in [1.54, 1.807) is 0 Å². The number of ether oxygens (including phenoxy) is 1. The number of hydrogen-bond donors (Lipinski definition) is 4. The average Bonchev–Trinajstić information content (AvgIpc) is 1.73. The monoisotopic (exact) mass is 150 g/mol. The zero-order chi connectivity index (χ0) is 7.99. The maximum absolute atomic E-state index is 10.2. The Morgan fingerprint density at radius 3 is 1.90 bits per heavy atom. The first kappa shape index (κ1) is 7.42. The Balaban J connectivity index is 2.88. The summed E-state index contributed by atoms with van der Waals surface area (Å²) in [5.74, 6) is -7.15. The van der Waals surface area contributed by atoms with Crippen LogP contribution in [0, 0.1) is 0 Å². The summed E-state index contributed by atoms with van der Waals surface area (Å²) in [4.78, 5) is 10.2. The third-order valence-electron chi connectivity index (χ3n) is 1.17. The Labute approximate surface area is 55.3 Å². The summed E-state index contributed by atoms with van der Waals surface area (Å²) in [7, 11) is 0. The molecular formula is C4H6O6. The van der Waals surface area contributed by atoms with Gasteiger partial charge in [0.25, 0.3) is 5.79 Å². The molecule has 0 spiro atoms. The lowest BCUT2D eigenvalue weighted by atomic mass is 10.2. The van der Waals surface area contributed by atoms with E-state index in [9.17, 15) is 4.79 Å². The Morgan fingerprint density at radius 2 is 1.80 bits per heavy atom. The molecule has 0 aromatic heterocycles. The smallest absolute Gasteiger partial charge is 0.382 e. The first-order valence-corrected chi connectivity index (χ1v) is 2.46. The molecule has 1 saturated heterocycles. The van der Waals surface area contributed by atoms with Gasteiger partial charge in [-0.25, -0.2) is 0 Å². The van der Waals surface area contributed by atoms with Crippen LogP contribution in [0.4, 0.5) is 0 Å². The Bertz CT molecular complexity index is 153. The van der Waals surface area contributed by atoms with E-state index in [-0.39, 0.29) is 0 Å². The zero-order valence-corrected chi connectivity index (χ0v) is 4.81. The van der Waals surface area contributed by atoms with Gasteiger partial charge in [-0.2, -0.15) is 0 Å². The summed E-state index contributed by atoms with van der Waals surface area (Å²) >= 11 is 0. The van der Waals surface area contributed by atoms with Crippen LogP contribution in [0.25, 0.3) is 0 Å². The summed E-state index contributed by atoms with van der Waals surface area (Å²) in [5, 5.41) is 34.2. The van der Waals surface area contributed by atoms with E-state index < -0.39 is 24.2 Å². The van der Waals surface area contributed by atoms with Crippen LogP contribution in [0.5, 0.6) is 0 Å². The lowest BCUT2D eigenvalue weighted by molar-refractivity contribution is -0.419. The highest BCUT2D eigenvalue weighted by Crippen LogP contribution is 2.29. The van der Waals surface area contributed by atoms with Crippen LogP contribution < -0.4 is 0 Å². The van der Waals surface area contributed by atoms with E-state index in [1.165, 1.54) is 0 Å². The minimum atomic E-state index is -3.18. The molecule has 0 amide bonds. The van der Waals surface area contributed by atoms with Gasteiger partial charge in [0.1, 0.15) is 6.42 Å². The number of carbonyl (C=O) groups excluding carboxylic acids is 1. The van der Waals surface area contributed by atoms with E-state index in [1.807, 2.05) is 0 Å². The van der Waals surface area contributed by atoms with Crippen LogP contribution in [-0.4, -0.2) is 38.2 Å². The van der Waals surface area contributed by atoms with E-state index in [4.69, 9.17) is 20.4 Å². The molecule has 1 aliphatic heterocycles. The van der Waals surface area contributed by atoms with Crippen LogP contribution in [0.2, 0.25) is 0 Å². The topological polar surface area (TPSA) is 107 Å². The maximum Gasteiger partial charge on any atom is 0.382 e. The molecule has 0 aliphatic carbocycles. The van der Waals surface area contributed by atoms with Gasteiger partial charge in [0.15, 0.2) is 0 Å². The van der Waals surface area contributed by atoms with Crippen LogP contribution in [0.1, 0.15) is 6.42 Å². The summed E-state index contributed by atoms with van der Waals surface area (Å²) < 4.78 is 3.74. The number of carbonyl (C=O) groups is 1. The first-order valence-electron chi connectivity index (χ1n) is 2.46. The van der Waals surface area contributed by atoms with Crippen molar-refractivity contribution in [1.82, 2.24) is 0 Å². The highest BCUT2D eigenvalue weighted by molar-refractivity contribution is 5.73. The van der Waals surface area contributed by atoms with Gasteiger partial charge in [-0.3, -0.25) is 4.79 Å². The van der Waals surface area contributed by atoms with Gasteiger partial charge in [-0.15, -0.1) is 0 Å². The fraction of sp³-hybridized carbons (Fsp3) is 0.750. The molecule has 0 atom stereocenters. The number of rotatable bonds is 0. The molecule has 6 nitrogen and oxygen atoms in total. The molecule has 1 aliphatic rings. The van der Waals surface area contributed by atoms with Crippen molar-refractivity contribution < 1.29 is 30.0 Å². The van der Waals surface area contributed by atoms with Crippen molar-refractivity contribution in [1.29, 1.82) is 0 Å². The largest absolute Gasteiger partial charge is 0.403 e. The van der Waals surface area contributed by atoms with Crippen LogP contribution in [0.3, 0.4) is 0 Å². The number of aliphatic hydroxyl groups is 4. The highest BCUT2D eigenvalue weighted by Gasteiger charge is 2.59. The van der Waals surface area contributed by atoms with Gasteiger partial charge >= 0.3 is 11.9 Å². The summed E-state index contributed by atoms with van der Waals surface area (Å²) in [6.45, 7) is 0. The Morgan fingerprint density at radius 1 is 1.30 bits per heavy atom. The summed E-state index contributed by atoms with van der Waals surface area (Å²) in [6.07, 6.45) is -0.847. The second kappa shape index (κ2) is 1.67. The molecule has 1 rings (SSSR count). The predicted molar refractivity (Wildman–Crippen MR) is 25.0 cm³/mol. The normalized spacial score (nSPS) is 28.2. The summed E-state index contributed by atoms with van der Waals surface area (Å²) in [6, 6.07) is 0. The maximum atomic E-state index is 10.2. The first-order chi connectivity index (χ1) is 4.35. The lowest BCUT2D eigenvalue weighted by Gasteiger charge is -2.23. The molecule has 1 heterocycles. The van der Waals surface area contributed by atoms with Gasteiger partial charge < -0.3 is 25.2 Å². The van der Waals surface area contributed by atoms with Gasteiger partial charge in [-0.1, -0.05) is 0 Å². The predicted octanol–water partition coefficient (Wildman–Crippen LogP) is -2.75. The van der Waals surface area contributed by atoms with Crippen molar-refractivity contribution in [2.24, 2.45) is 0 Å². The molecule has 0 unspecified atom stereocenters. The van der Waals surface area contributed by atoms with E-state index >= 15 is 0 Å². The molecule has 0 radical (unpaired) electrons. The van der Waals surface area contributed by atoms with Crippen molar-refractivity contribution in [2.75, 3.05) is 0 Å². The number of cyclic esters (lactones) is 1. The molecule has 4 N–H and O–H groups in total. The fourth-order valence-corrected chi connectivity index (χ4v) is 0.593. The quantitative estimate of drug-likeness (QED) is 0.220. The molecule has 6 heteroatoms. The zero-order valence-electron chi connectivity index (χ0n) is 4.81. The van der Waals surface area contributed by atoms with E-state index in [0.29, 0.717) is 0 Å². The van der Waals surface area contributed by atoms with Gasteiger partial charge in [0.05, 0.1) is 0 Å². The van der Waals surface area contributed by atoms with Crippen molar-refractivity contribution >= 4 is 5.97 Å². The minimum Gasteiger partial charge on any atom is -0.403 e. The standard InChI is InChI=1S/C4H6O6/c5-2-1-3(6,7)4(8,9)10-2/h6-9H,1H2. The van der Waals surface area contributed by atoms with Crippen molar-refractivity contribution in [3.8, 4) is 0 Å². The molecular weight excluding hydrogens is 144 g/mol. The number of esters is 1. The molecule has 1 fully saturated rings. The van der Waals surface area contributed by atoms with Crippen molar-refractivity contribution in [2.45, 2.75) is 18.2 Å². The highest BCUT2D eigenvalue weighted by atomic mass is 16.8. The number of hydrogen-bond acceptors (Lipinski definition) is 6. The average molecular weight is 150 g/mol. The van der Waals surface area contributed by atoms with Gasteiger partial charge in [0.2, 0.25) is 0 Å². The molecule has 0 bridgehead atoms. The van der Waals surface area contributed by atoms with Crippen molar-refractivity contribution in [3.05, 3.63) is 0 Å². The fourth-order valence-electron chi connectivity index (χ4n) is 0.593.